The molecule has 4 heteroatoms. The van der Waals surface area contributed by atoms with Crippen LogP contribution in [0.4, 0.5) is 5.82 Å². The van der Waals surface area contributed by atoms with Gasteiger partial charge in [0.2, 0.25) is 0 Å². The first-order valence-corrected chi connectivity index (χ1v) is 7.66. The normalized spacial score (nSPS) is 13.8. The molecule has 3 rings (SSSR count). The van der Waals surface area contributed by atoms with Gasteiger partial charge in [-0.15, -0.1) is 11.8 Å². The number of hydrogen-bond donors (Lipinski definition) is 1. The number of aryl methyl sites for hydroxylation is 4. The molecule has 0 amide bonds. The van der Waals surface area contributed by atoms with E-state index in [1.165, 1.54) is 35.3 Å². The molecular weight excluding hydrogens is 254 g/mol. The molecule has 0 atom stereocenters. The van der Waals surface area contributed by atoms with Crippen molar-refractivity contribution in [1.82, 2.24) is 9.78 Å². The Morgan fingerprint density at radius 2 is 2.11 bits per heavy atom. The van der Waals surface area contributed by atoms with Crippen LogP contribution in [0.2, 0.25) is 0 Å². The first kappa shape index (κ1) is 12.6. The number of fused-ring (bicyclic) bond motifs is 1. The molecule has 1 aliphatic rings. The number of rotatable bonds is 3. The topological polar surface area (TPSA) is 43.8 Å². The number of hydrogen-bond acceptors (Lipinski definition) is 3. The SMILES string of the molecule is Cc1nn(C)c(N)c1CSc1ccc2c(c1)CCC2. The van der Waals surface area contributed by atoms with E-state index in [0.29, 0.717) is 0 Å². The average Bonchev–Trinajstić information content (AvgIpc) is 2.94. The molecule has 0 unspecified atom stereocenters. The van der Waals surface area contributed by atoms with E-state index < -0.39 is 0 Å². The lowest BCUT2D eigenvalue weighted by molar-refractivity contribution is 0.767. The molecule has 19 heavy (non-hydrogen) atoms. The largest absolute Gasteiger partial charge is 0.384 e. The summed E-state index contributed by atoms with van der Waals surface area (Å²) in [4.78, 5) is 1.34. The Labute approximate surface area is 118 Å². The second-order valence-corrected chi connectivity index (χ2v) is 6.19. The minimum atomic E-state index is 0.783. The van der Waals surface area contributed by atoms with Crippen LogP contribution in [0.25, 0.3) is 0 Å². The van der Waals surface area contributed by atoms with E-state index in [-0.39, 0.29) is 0 Å². The molecule has 2 aromatic rings. The van der Waals surface area contributed by atoms with Crippen LogP contribution in [-0.4, -0.2) is 9.78 Å². The van der Waals surface area contributed by atoms with Crippen LogP contribution < -0.4 is 5.73 Å². The van der Waals surface area contributed by atoms with Crippen LogP contribution in [0.1, 0.15) is 28.8 Å². The van der Waals surface area contributed by atoms with Gasteiger partial charge in [0.25, 0.3) is 0 Å². The molecule has 0 saturated heterocycles. The summed E-state index contributed by atoms with van der Waals surface area (Å²) in [5.41, 5.74) is 11.3. The Morgan fingerprint density at radius 3 is 2.84 bits per heavy atom. The summed E-state index contributed by atoms with van der Waals surface area (Å²) in [7, 11) is 1.89. The van der Waals surface area contributed by atoms with Crippen molar-refractivity contribution < 1.29 is 0 Å². The van der Waals surface area contributed by atoms with E-state index in [9.17, 15) is 0 Å². The van der Waals surface area contributed by atoms with E-state index in [1.807, 2.05) is 25.7 Å². The maximum atomic E-state index is 6.04. The summed E-state index contributed by atoms with van der Waals surface area (Å²) in [6.07, 6.45) is 3.78. The standard InChI is InChI=1S/C15H19N3S/c1-10-14(15(16)18(2)17-10)9-19-13-7-6-11-4-3-5-12(11)8-13/h6-8H,3-5,9,16H2,1-2H3. The number of nitrogens with zero attached hydrogens (tertiary/aromatic N) is 2. The zero-order valence-electron chi connectivity index (χ0n) is 11.4. The fourth-order valence-electron chi connectivity index (χ4n) is 2.69. The van der Waals surface area contributed by atoms with E-state index in [4.69, 9.17) is 5.73 Å². The molecule has 0 radical (unpaired) electrons. The maximum Gasteiger partial charge on any atom is 0.125 e. The highest BCUT2D eigenvalue weighted by Crippen LogP contribution is 2.31. The zero-order chi connectivity index (χ0) is 13.4. The number of nitrogen functional groups attached to an aromatic ring is 1. The highest BCUT2D eigenvalue weighted by molar-refractivity contribution is 7.98. The summed E-state index contributed by atoms with van der Waals surface area (Å²) < 4.78 is 1.76. The summed E-state index contributed by atoms with van der Waals surface area (Å²) >= 11 is 1.85. The zero-order valence-corrected chi connectivity index (χ0v) is 12.3. The van der Waals surface area contributed by atoms with Gasteiger partial charge >= 0.3 is 0 Å². The van der Waals surface area contributed by atoms with Gasteiger partial charge in [0, 0.05) is 23.3 Å². The van der Waals surface area contributed by atoms with Gasteiger partial charge in [-0.25, -0.2) is 0 Å². The number of benzene rings is 1. The van der Waals surface area contributed by atoms with Crippen molar-refractivity contribution in [2.45, 2.75) is 36.8 Å². The van der Waals surface area contributed by atoms with Gasteiger partial charge in [-0.2, -0.15) is 5.10 Å². The van der Waals surface area contributed by atoms with Crippen molar-refractivity contribution in [3.05, 3.63) is 40.6 Å². The molecule has 1 heterocycles. The van der Waals surface area contributed by atoms with Gasteiger partial charge in [-0.05, 0) is 49.4 Å². The summed E-state index contributed by atoms with van der Waals surface area (Å²) in [5.74, 6) is 1.68. The van der Waals surface area contributed by atoms with Crippen LogP contribution in [0.5, 0.6) is 0 Å². The van der Waals surface area contributed by atoms with Gasteiger partial charge in [0.1, 0.15) is 5.82 Å². The van der Waals surface area contributed by atoms with Crippen LogP contribution >= 0.6 is 11.8 Å². The second-order valence-electron chi connectivity index (χ2n) is 5.15. The lowest BCUT2D eigenvalue weighted by atomic mass is 10.1. The first-order valence-electron chi connectivity index (χ1n) is 6.67. The average molecular weight is 273 g/mol. The Hall–Kier alpha value is -1.42. The predicted molar refractivity (Wildman–Crippen MR) is 80.4 cm³/mol. The molecule has 1 aromatic heterocycles. The Kier molecular flexibility index (Phi) is 3.27. The van der Waals surface area contributed by atoms with Gasteiger partial charge < -0.3 is 5.73 Å². The minimum Gasteiger partial charge on any atom is -0.384 e. The quantitative estimate of drug-likeness (QED) is 0.874. The molecule has 3 nitrogen and oxygen atoms in total. The van der Waals surface area contributed by atoms with Gasteiger partial charge in [0.05, 0.1) is 5.69 Å². The van der Waals surface area contributed by atoms with Crippen LogP contribution in [0.3, 0.4) is 0 Å². The monoisotopic (exact) mass is 273 g/mol. The highest BCUT2D eigenvalue weighted by atomic mass is 32.2. The second kappa shape index (κ2) is 4.93. The molecule has 0 aliphatic heterocycles. The van der Waals surface area contributed by atoms with Gasteiger partial charge in [0.15, 0.2) is 0 Å². The molecule has 1 aromatic carbocycles. The molecule has 0 fully saturated rings. The highest BCUT2D eigenvalue weighted by Gasteiger charge is 2.13. The number of thioether (sulfide) groups is 1. The van der Waals surface area contributed by atoms with E-state index in [1.54, 1.807) is 4.68 Å². The Bertz CT molecular complexity index is 616. The van der Waals surface area contributed by atoms with E-state index >= 15 is 0 Å². The Morgan fingerprint density at radius 1 is 1.32 bits per heavy atom. The number of aromatic nitrogens is 2. The third kappa shape index (κ3) is 2.37. The maximum absolute atomic E-state index is 6.04. The van der Waals surface area contributed by atoms with Crippen molar-refractivity contribution in [2.24, 2.45) is 7.05 Å². The van der Waals surface area contributed by atoms with Crippen molar-refractivity contribution in [3.63, 3.8) is 0 Å². The molecule has 2 N–H and O–H groups in total. The van der Waals surface area contributed by atoms with Gasteiger partial charge in [-0.3, -0.25) is 4.68 Å². The van der Waals surface area contributed by atoms with Crippen LogP contribution in [0.15, 0.2) is 23.1 Å². The smallest absolute Gasteiger partial charge is 0.125 e. The van der Waals surface area contributed by atoms with E-state index in [0.717, 1.165) is 22.8 Å². The van der Waals surface area contributed by atoms with Crippen molar-refractivity contribution in [3.8, 4) is 0 Å². The van der Waals surface area contributed by atoms with Crippen LogP contribution in [-0.2, 0) is 25.6 Å². The number of anilines is 1. The summed E-state index contributed by atoms with van der Waals surface area (Å²) in [6, 6.07) is 6.86. The fraction of sp³-hybridized carbons (Fsp3) is 0.400. The third-order valence-electron chi connectivity index (χ3n) is 3.85. The number of nitrogens with two attached hydrogens (primary N) is 1. The molecule has 100 valence electrons. The van der Waals surface area contributed by atoms with E-state index in [2.05, 4.69) is 23.3 Å². The molecule has 0 bridgehead atoms. The van der Waals surface area contributed by atoms with Crippen molar-refractivity contribution >= 4 is 17.6 Å². The third-order valence-corrected chi connectivity index (χ3v) is 4.87. The Balaban J connectivity index is 1.76. The molecular formula is C15H19N3S. The van der Waals surface area contributed by atoms with Crippen molar-refractivity contribution in [2.75, 3.05) is 5.73 Å². The molecule has 1 aliphatic carbocycles. The first-order chi connectivity index (χ1) is 9.15. The summed E-state index contributed by atoms with van der Waals surface area (Å²) in [5, 5.41) is 4.36. The predicted octanol–water partition coefficient (Wildman–Crippen LogP) is 3.09. The van der Waals surface area contributed by atoms with Gasteiger partial charge in [-0.1, -0.05) is 6.07 Å². The lowest BCUT2D eigenvalue weighted by Crippen LogP contribution is -1.98. The minimum absolute atomic E-state index is 0.783. The summed E-state index contributed by atoms with van der Waals surface area (Å²) in [6.45, 7) is 2.02. The molecule has 0 spiro atoms. The van der Waals surface area contributed by atoms with Crippen molar-refractivity contribution in [1.29, 1.82) is 0 Å². The fourth-order valence-corrected chi connectivity index (χ4v) is 3.75. The lowest BCUT2D eigenvalue weighted by Gasteiger charge is -2.05. The molecule has 0 saturated carbocycles. The van der Waals surface area contributed by atoms with Crippen LogP contribution in [0, 0.1) is 6.92 Å².